The van der Waals surface area contributed by atoms with E-state index < -0.39 is 0 Å². The summed E-state index contributed by atoms with van der Waals surface area (Å²) in [5, 5.41) is 3.38. The van der Waals surface area contributed by atoms with Gasteiger partial charge in [-0.3, -0.25) is 9.69 Å². The van der Waals surface area contributed by atoms with E-state index in [0.29, 0.717) is 12.5 Å². The fraction of sp³-hybridized carbons (Fsp3) is 0.773. The third kappa shape index (κ3) is 3.00. The van der Waals surface area contributed by atoms with E-state index in [-0.39, 0.29) is 11.5 Å². The van der Waals surface area contributed by atoms with Crippen LogP contribution in [0.2, 0.25) is 0 Å². The lowest BCUT2D eigenvalue weighted by Gasteiger charge is -2.55. The molecule has 0 radical (unpaired) electrons. The number of nitrogens with zero attached hydrogens (tertiary/aromatic N) is 1. The van der Waals surface area contributed by atoms with Crippen LogP contribution in [0.25, 0.3) is 0 Å². The van der Waals surface area contributed by atoms with Crippen molar-refractivity contribution in [2.24, 2.45) is 23.2 Å². The van der Waals surface area contributed by atoms with Crippen molar-refractivity contribution in [3.05, 3.63) is 24.2 Å². The molecule has 4 nitrogen and oxygen atoms in total. The molecule has 4 aliphatic carbocycles. The number of rotatable bonds is 5. The first-order chi connectivity index (χ1) is 12.7. The number of hydrogen-bond acceptors (Lipinski definition) is 3. The van der Waals surface area contributed by atoms with Gasteiger partial charge in [0, 0.05) is 12.0 Å². The standard InChI is InChI=1S/C22H32N2O2/c25-21(22-12-16-9-17(13-22)11-18(10-16)14-22)23-15-19(20-5-4-8-26-20)24-6-2-1-3-7-24/h4-5,8,16-19H,1-3,6-7,9-15H2,(H,23,25). The Hall–Kier alpha value is -1.29. The molecule has 1 atom stereocenters. The summed E-state index contributed by atoms with van der Waals surface area (Å²) in [7, 11) is 0. The maximum atomic E-state index is 13.3. The molecule has 26 heavy (non-hydrogen) atoms. The van der Waals surface area contributed by atoms with Gasteiger partial charge in [-0.15, -0.1) is 0 Å². The van der Waals surface area contributed by atoms with Gasteiger partial charge >= 0.3 is 0 Å². The summed E-state index contributed by atoms with van der Waals surface area (Å²) < 4.78 is 5.74. The molecule has 142 valence electrons. The first-order valence-corrected chi connectivity index (χ1v) is 10.8. The summed E-state index contributed by atoms with van der Waals surface area (Å²) in [5.41, 5.74) is -0.0512. The number of nitrogens with one attached hydrogen (secondary N) is 1. The van der Waals surface area contributed by atoms with E-state index in [9.17, 15) is 4.79 Å². The number of piperidine rings is 1. The van der Waals surface area contributed by atoms with Gasteiger partial charge in [0.25, 0.3) is 0 Å². The van der Waals surface area contributed by atoms with Gasteiger partial charge in [0.2, 0.25) is 5.91 Å². The Morgan fingerprint density at radius 2 is 1.77 bits per heavy atom. The van der Waals surface area contributed by atoms with Gasteiger partial charge < -0.3 is 9.73 Å². The highest BCUT2D eigenvalue weighted by Crippen LogP contribution is 2.60. The third-order valence-electron chi connectivity index (χ3n) is 7.68. The third-order valence-corrected chi connectivity index (χ3v) is 7.68. The van der Waals surface area contributed by atoms with Crippen LogP contribution in [0.15, 0.2) is 22.8 Å². The van der Waals surface area contributed by atoms with Crippen molar-refractivity contribution < 1.29 is 9.21 Å². The quantitative estimate of drug-likeness (QED) is 0.862. The Morgan fingerprint density at radius 3 is 2.35 bits per heavy atom. The zero-order valence-corrected chi connectivity index (χ0v) is 15.8. The molecule has 2 heterocycles. The first-order valence-electron chi connectivity index (χ1n) is 10.8. The number of likely N-dealkylation sites (tertiary alicyclic amines) is 1. The zero-order chi connectivity index (χ0) is 17.6. The average molecular weight is 357 g/mol. The molecule has 1 unspecified atom stereocenters. The van der Waals surface area contributed by atoms with E-state index in [2.05, 4.69) is 16.3 Å². The molecule has 0 spiro atoms. The molecular weight excluding hydrogens is 324 g/mol. The van der Waals surface area contributed by atoms with E-state index in [1.54, 1.807) is 6.26 Å². The van der Waals surface area contributed by atoms with E-state index in [0.717, 1.165) is 55.9 Å². The van der Waals surface area contributed by atoms with Crippen LogP contribution in [0.4, 0.5) is 0 Å². The fourth-order valence-corrected chi connectivity index (χ4v) is 6.89. The lowest BCUT2D eigenvalue weighted by Crippen LogP contribution is -2.54. The van der Waals surface area contributed by atoms with E-state index in [1.165, 1.54) is 38.5 Å². The molecule has 1 aliphatic heterocycles. The van der Waals surface area contributed by atoms with Gasteiger partial charge in [0.1, 0.15) is 5.76 Å². The van der Waals surface area contributed by atoms with Crippen LogP contribution < -0.4 is 5.32 Å². The minimum absolute atomic E-state index is 0.0512. The van der Waals surface area contributed by atoms with Crippen LogP contribution in [0, 0.1) is 23.2 Å². The van der Waals surface area contributed by atoms with Gasteiger partial charge in [-0.05, 0) is 94.3 Å². The van der Waals surface area contributed by atoms with Crippen molar-refractivity contribution in [2.45, 2.75) is 63.8 Å². The molecule has 4 heteroatoms. The highest BCUT2D eigenvalue weighted by molar-refractivity contribution is 5.83. The monoisotopic (exact) mass is 356 g/mol. The topological polar surface area (TPSA) is 45.5 Å². The largest absolute Gasteiger partial charge is 0.468 e. The molecule has 1 amide bonds. The summed E-state index contributed by atoms with van der Waals surface area (Å²) in [6.07, 6.45) is 13.1. The number of carbonyl (C=O) groups is 1. The Labute approximate surface area is 156 Å². The predicted molar refractivity (Wildman–Crippen MR) is 100 cm³/mol. The van der Waals surface area contributed by atoms with E-state index in [4.69, 9.17) is 4.42 Å². The van der Waals surface area contributed by atoms with Gasteiger partial charge in [0.15, 0.2) is 0 Å². The summed E-state index contributed by atoms with van der Waals surface area (Å²) in [6, 6.07) is 4.21. The van der Waals surface area contributed by atoms with Crippen LogP contribution in [0.1, 0.15) is 69.6 Å². The minimum Gasteiger partial charge on any atom is -0.468 e. The Balaban J connectivity index is 1.28. The highest BCUT2D eigenvalue weighted by atomic mass is 16.3. The number of amides is 1. The molecule has 1 N–H and O–H groups in total. The van der Waals surface area contributed by atoms with Crippen molar-refractivity contribution in [2.75, 3.05) is 19.6 Å². The second-order valence-corrected chi connectivity index (χ2v) is 9.54. The molecule has 1 aromatic heterocycles. The normalized spacial score (nSPS) is 37.6. The van der Waals surface area contributed by atoms with Gasteiger partial charge in [-0.25, -0.2) is 0 Å². The van der Waals surface area contributed by atoms with Crippen LogP contribution in [0.5, 0.6) is 0 Å². The Morgan fingerprint density at radius 1 is 1.12 bits per heavy atom. The lowest BCUT2D eigenvalue weighted by molar-refractivity contribution is -0.146. The summed E-state index contributed by atoms with van der Waals surface area (Å²) in [4.78, 5) is 15.8. The molecule has 6 rings (SSSR count). The zero-order valence-electron chi connectivity index (χ0n) is 15.8. The van der Waals surface area contributed by atoms with Crippen molar-refractivity contribution in [3.63, 3.8) is 0 Å². The van der Waals surface area contributed by atoms with Crippen LogP contribution >= 0.6 is 0 Å². The predicted octanol–water partition coefficient (Wildman–Crippen LogP) is 4.14. The molecule has 1 saturated heterocycles. The van der Waals surface area contributed by atoms with Crippen molar-refractivity contribution in [1.29, 1.82) is 0 Å². The molecule has 4 bridgehead atoms. The van der Waals surface area contributed by atoms with E-state index >= 15 is 0 Å². The van der Waals surface area contributed by atoms with E-state index in [1.807, 2.05) is 6.07 Å². The van der Waals surface area contributed by atoms with Crippen LogP contribution in [-0.2, 0) is 4.79 Å². The van der Waals surface area contributed by atoms with Crippen molar-refractivity contribution >= 4 is 5.91 Å². The second-order valence-electron chi connectivity index (χ2n) is 9.54. The minimum atomic E-state index is -0.0512. The second kappa shape index (κ2) is 6.70. The summed E-state index contributed by atoms with van der Waals surface area (Å²) >= 11 is 0. The maximum Gasteiger partial charge on any atom is 0.226 e. The number of carbonyl (C=O) groups excluding carboxylic acids is 1. The number of hydrogen-bond donors (Lipinski definition) is 1. The Kier molecular flexibility index (Phi) is 4.35. The van der Waals surface area contributed by atoms with Crippen LogP contribution in [-0.4, -0.2) is 30.4 Å². The molecule has 5 aliphatic rings. The SMILES string of the molecule is O=C(NCC(c1ccco1)N1CCCCC1)C12CC3CC(CC(C3)C1)C2. The highest BCUT2D eigenvalue weighted by Gasteiger charge is 2.54. The smallest absolute Gasteiger partial charge is 0.226 e. The van der Waals surface area contributed by atoms with Gasteiger partial charge in [-0.2, -0.15) is 0 Å². The molecular formula is C22H32N2O2. The number of furan rings is 1. The average Bonchev–Trinajstić information content (AvgIpc) is 3.16. The van der Waals surface area contributed by atoms with Crippen molar-refractivity contribution in [1.82, 2.24) is 10.2 Å². The lowest BCUT2D eigenvalue weighted by atomic mass is 9.49. The van der Waals surface area contributed by atoms with Gasteiger partial charge in [-0.1, -0.05) is 6.42 Å². The van der Waals surface area contributed by atoms with Crippen LogP contribution in [0.3, 0.4) is 0 Å². The fourth-order valence-electron chi connectivity index (χ4n) is 6.89. The molecule has 0 aromatic carbocycles. The van der Waals surface area contributed by atoms with Gasteiger partial charge in [0.05, 0.1) is 12.3 Å². The van der Waals surface area contributed by atoms with Crippen molar-refractivity contribution in [3.8, 4) is 0 Å². The maximum absolute atomic E-state index is 13.3. The first kappa shape index (κ1) is 16.9. The molecule has 5 fully saturated rings. The Bertz CT molecular complexity index is 597. The molecule has 4 saturated carbocycles. The summed E-state index contributed by atoms with van der Waals surface area (Å²) in [5.74, 6) is 3.78. The summed E-state index contributed by atoms with van der Waals surface area (Å²) in [6.45, 7) is 2.91. The molecule has 1 aromatic rings.